The zero-order valence-electron chi connectivity index (χ0n) is 8.76. The Balaban J connectivity index is 1.85. The topological polar surface area (TPSA) is 71.3 Å². The van der Waals surface area contributed by atoms with Crippen LogP contribution in [0, 0.1) is 0 Å². The van der Waals surface area contributed by atoms with Gasteiger partial charge < -0.3 is 9.73 Å². The number of thiocarbonyl (C=S) groups is 1. The molecule has 0 bridgehead atoms. The molecule has 1 aromatic heterocycles. The van der Waals surface area contributed by atoms with Gasteiger partial charge in [0, 0.05) is 5.75 Å². The molecule has 2 heterocycles. The van der Waals surface area contributed by atoms with Crippen molar-refractivity contribution >= 4 is 40.1 Å². The molecule has 1 aliphatic heterocycles. The molecule has 0 saturated carbocycles. The second-order valence-electron chi connectivity index (χ2n) is 3.41. The molecule has 1 atom stereocenters. The summed E-state index contributed by atoms with van der Waals surface area (Å²) in [6.07, 6.45) is 2.13. The van der Waals surface area contributed by atoms with E-state index in [2.05, 4.69) is 10.6 Å². The van der Waals surface area contributed by atoms with Gasteiger partial charge in [-0.3, -0.25) is 14.9 Å². The number of amides is 1. The molecule has 17 heavy (non-hydrogen) atoms. The Labute approximate surface area is 107 Å². The van der Waals surface area contributed by atoms with Gasteiger partial charge in [-0.05, 0) is 30.8 Å². The number of carbonyl (C=O) groups excluding carboxylic acids is 2. The number of nitrogens with one attached hydrogen (secondary N) is 2. The normalized spacial score (nSPS) is 19.1. The third kappa shape index (κ3) is 3.07. The molecule has 1 aliphatic rings. The van der Waals surface area contributed by atoms with E-state index < -0.39 is 5.91 Å². The molecule has 1 aromatic rings. The number of rotatable bonds is 2. The van der Waals surface area contributed by atoms with Crippen LogP contribution in [0.15, 0.2) is 22.8 Å². The van der Waals surface area contributed by atoms with E-state index in [9.17, 15) is 9.59 Å². The van der Waals surface area contributed by atoms with Crippen LogP contribution >= 0.6 is 24.0 Å². The molecule has 90 valence electrons. The fourth-order valence-corrected chi connectivity index (χ4v) is 2.56. The first-order valence-electron chi connectivity index (χ1n) is 4.99. The lowest BCUT2D eigenvalue weighted by molar-refractivity contribution is -0.111. The average Bonchev–Trinajstić information content (AvgIpc) is 2.90. The van der Waals surface area contributed by atoms with Crippen LogP contribution in [0.3, 0.4) is 0 Å². The van der Waals surface area contributed by atoms with E-state index in [-0.39, 0.29) is 22.0 Å². The van der Waals surface area contributed by atoms with E-state index in [0.717, 1.165) is 12.2 Å². The Hall–Kier alpha value is -1.34. The molecule has 2 rings (SSSR count). The van der Waals surface area contributed by atoms with Gasteiger partial charge in [0.15, 0.2) is 10.9 Å². The number of hydrogen-bond acceptors (Lipinski definition) is 5. The molecule has 7 heteroatoms. The Morgan fingerprint density at radius 3 is 3.00 bits per heavy atom. The highest BCUT2D eigenvalue weighted by atomic mass is 32.2. The summed E-state index contributed by atoms with van der Waals surface area (Å²) in [5.74, 6) is 0.539. The first-order chi connectivity index (χ1) is 8.16. The lowest BCUT2D eigenvalue weighted by atomic mass is 10.2. The molecule has 0 aromatic carbocycles. The van der Waals surface area contributed by atoms with E-state index in [1.54, 1.807) is 6.07 Å². The molecule has 5 nitrogen and oxygen atoms in total. The van der Waals surface area contributed by atoms with Crippen LogP contribution in [0.2, 0.25) is 0 Å². The molecule has 0 radical (unpaired) electrons. The van der Waals surface area contributed by atoms with E-state index in [4.69, 9.17) is 16.6 Å². The predicted octanol–water partition coefficient (Wildman–Crippen LogP) is 0.916. The smallest absolute Gasteiger partial charge is 0.293 e. The van der Waals surface area contributed by atoms with Crippen LogP contribution in [-0.2, 0) is 4.79 Å². The van der Waals surface area contributed by atoms with Crippen molar-refractivity contribution in [3.05, 3.63) is 24.2 Å². The maximum atomic E-state index is 11.5. The van der Waals surface area contributed by atoms with Gasteiger partial charge in [0.25, 0.3) is 5.91 Å². The van der Waals surface area contributed by atoms with Gasteiger partial charge in [-0.2, -0.15) is 0 Å². The van der Waals surface area contributed by atoms with Gasteiger partial charge in [0.05, 0.1) is 12.3 Å². The highest BCUT2D eigenvalue weighted by Crippen LogP contribution is 2.19. The molecule has 1 saturated heterocycles. The van der Waals surface area contributed by atoms with E-state index in [1.165, 1.54) is 24.1 Å². The summed E-state index contributed by atoms with van der Waals surface area (Å²) in [5.41, 5.74) is 0. The number of hydrogen-bond donors (Lipinski definition) is 2. The van der Waals surface area contributed by atoms with Crippen molar-refractivity contribution in [2.24, 2.45) is 0 Å². The van der Waals surface area contributed by atoms with Crippen LogP contribution in [-0.4, -0.2) is 27.9 Å². The third-order valence-electron chi connectivity index (χ3n) is 2.21. The molecule has 0 spiro atoms. The molecule has 1 amide bonds. The molecule has 1 fully saturated rings. The highest BCUT2D eigenvalue weighted by Gasteiger charge is 2.26. The highest BCUT2D eigenvalue weighted by molar-refractivity contribution is 8.14. The predicted molar refractivity (Wildman–Crippen MR) is 67.8 cm³/mol. The van der Waals surface area contributed by atoms with Crippen molar-refractivity contribution in [3.63, 3.8) is 0 Å². The lowest BCUT2D eigenvalue weighted by Crippen LogP contribution is -2.45. The van der Waals surface area contributed by atoms with Crippen LogP contribution in [0.25, 0.3) is 0 Å². The lowest BCUT2D eigenvalue weighted by Gasteiger charge is -2.12. The third-order valence-corrected chi connectivity index (χ3v) is 3.44. The van der Waals surface area contributed by atoms with Crippen LogP contribution in [0.1, 0.15) is 17.0 Å². The van der Waals surface area contributed by atoms with E-state index in [1.807, 2.05) is 0 Å². The first kappa shape index (κ1) is 12.1. The van der Waals surface area contributed by atoms with Crippen LogP contribution in [0.4, 0.5) is 0 Å². The Morgan fingerprint density at radius 1 is 1.59 bits per heavy atom. The molecule has 0 unspecified atom stereocenters. The Bertz CT molecular complexity index is 444. The van der Waals surface area contributed by atoms with Gasteiger partial charge in [-0.25, -0.2) is 0 Å². The van der Waals surface area contributed by atoms with Crippen molar-refractivity contribution in [2.45, 2.75) is 12.5 Å². The first-order valence-corrected chi connectivity index (χ1v) is 6.38. The van der Waals surface area contributed by atoms with Crippen LogP contribution in [0.5, 0.6) is 0 Å². The summed E-state index contributed by atoms with van der Waals surface area (Å²) >= 11 is 6.22. The fraction of sp³-hybridized carbons (Fsp3) is 0.300. The summed E-state index contributed by atoms with van der Waals surface area (Å²) < 4.78 is 4.92. The largest absolute Gasteiger partial charge is 0.459 e. The monoisotopic (exact) mass is 270 g/mol. The zero-order valence-corrected chi connectivity index (χ0v) is 10.4. The summed E-state index contributed by atoms with van der Waals surface area (Å²) in [4.78, 5) is 22.9. The van der Waals surface area contributed by atoms with Gasteiger partial charge in [-0.15, -0.1) is 0 Å². The van der Waals surface area contributed by atoms with Gasteiger partial charge in [-0.1, -0.05) is 11.8 Å². The Morgan fingerprint density at radius 2 is 2.41 bits per heavy atom. The minimum absolute atomic E-state index is 0.0552. The van der Waals surface area contributed by atoms with Crippen molar-refractivity contribution < 1.29 is 14.0 Å². The number of thioether (sulfide) groups is 1. The number of carbonyl (C=O) groups is 2. The standard InChI is InChI=1S/C10H10N2O3S2/c13-8(7-2-1-4-15-7)12-10(16)11-6-3-5-17-9(6)14/h1-2,4,6H,3,5H2,(H2,11,12,13,16)/t6-/m0/s1. The minimum Gasteiger partial charge on any atom is -0.459 e. The van der Waals surface area contributed by atoms with Gasteiger partial charge in [0.2, 0.25) is 5.12 Å². The summed E-state index contributed by atoms with van der Waals surface area (Å²) in [6, 6.07) is 2.85. The summed E-state index contributed by atoms with van der Waals surface area (Å²) in [6.45, 7) is 0. The minimum atomic E-state index is -0.425. The second-order valence-corrected chi connectivity index (χ2v) is 4.92. The van der Waals surface area contributed by atoms with Crippen molar-refractivity contribution in [1.82, 2.24) is 10.6 Å². The fourth-order valence-electron chi connectivity index (χ4n) is 1.39. The quantitative estimate of drug-likeness (QED) is 0.779. The van der Waals surface area contributed by atoms with Crippen molar-refractivity contribution in [2.75, 3.05) is 5.75 Å². The summed E-state index contributed by atoms with van der Waals surface area (Å²) in [5, 5.41) is 5.47. The molecule has 0 aliphatic carbocycles. The average molecular weight is 270 g/mol. The van der Waals surface area contributed by atoms with E-state index >= 15 is 0 Å². The second kappa shape index (κ2) is 5.33. The maximum absolute atomic E-state index is 11.5. The van der Waals surface area contributed by atoms with Crippen molar-refractivity contribution in [3.8, 4) is 0 Å². The van der Waals surface area contributed by atoms with Crippen LogP contribution < -0.4 is 10.6 Å². The SMILES string of the molecule is O=C(NC(=S)N[C@H]1CCSC1=O)c1ccco1. The number of furan rings is 1. The molecule has 2 N–H and O–H groups in total. The Kier molecular flexibility index (Phi) is 3.80. The van der Waals surface area contributed by atoms with Crippen molar-refractivity contribution in [1.29, 1.82) is 0 Å². The van der Waals surface area contributed by atoms with E-state index in [0.29, 0.717) is 0 Å². The van der Waals surface area contributed by atoms with Gasteiger partial charge >= 0.3 is 0 Å². The summed E-state index contributed by atoms with van der Waals surface area (Å²) in [7, 11) is 0. The zero-order chi connectivity index (χ0) is 12.3. The van der Waals surface area contributed by atoms with Gasteiger partial charge in [0.1, 0.15) is 0 Å². The molecular weight excluding hydrogens is 260 g/mol. The molecular formula is C10H10N2O3S2. The maximum Gasteiger partial charge on any atom is 0.293 e.